The van der Waals surface area contributed by atoms with Gasteiger partial charge >= 0.3 is 5.76 Å². The largest absolute Gasteiger partial charge is 0.488 e. The second-order valence-electron chi connectivity index (χ2n) is 10.4. The van der Waals surface area contributed by atoms with Gasteiger partial charge in [-0.1, -0.05) is 29.4 Å². The number of fused-ring (bicyclic) bond motifs is 3. The fourth-order valence-electron chi connectivity index (χ4n) is 5.88. The third kappa shape index (κ3) is 4.27. The molecule has 1 fully saturated rings. The van der Waals surface area contributed by atoms with Crippen LogP contribution < -0.4 is 15.4 Å². The van der Waals surface area contributed by atoms with Gasteiger partial charge in [-0.2, -0.15) is 0 Å². The van der Waals surface area contributed by atoms with E-state index in [1.807, 2.05) is 13.0 Å². The number of benzene rings is 3. The summed E-state index contributed by atoms with van der Waals surface area (Å²) >= 11 is 0. The van der Waals surface area contributed by atoms with Crippen molar-refractivity contribution in [2.75, 3.05) is 18.0 Å². The molecule has 8 nitrogen and oxygen atoms in total. The molecular formula is C31H28FN5O3. The molecule has 7 rings (SSSR count). The number of allylic oxidation sites excluding steroid dienone is 1. The number of aromatic nitrogens is 4. The van der Waals surface area contributed by atoms with E-state index in [0.717, 1.165) is 57.9 Å². The standard InChI is InChI=1S/C31H28FN5O3/c1-19(29-34-31(38)40-35-29)28-23-11-9-20(15-21(23)18-39-27-16-22(32)10-12-24(27)28)17-37-26-8-4-3-7-25(26)33-30(37)36-13-5-2-6-14-36/h3-4,7-12,15-16H,2,5-6,13-14,17-18H2,1H3,(H,34,35,38)/b28-19+. The zero-order valence-corrected chi connectivity index (χ0v) is 22.1. The Balaban J connectivity index is 1.34. The van der Waals surface area contributed by atoms with Gasteiger partial charge in [-0.15, -0.1) is 0 Å². The van der Waals surface area contributed by atoms with Crippen LogP contribution in [0.15, 0.2) is 70.0 Å². The first-order valence-electron chi connectivity index (χ1n) is 13.6. The van der Waals surface area contributed by atoms with Crippen LogP contribution in [0.2, 0.25) is 0 Å². The number of nitrogens with one attached hydrogen (secondary N) is 1. The summed E-state index contributed by atoms with van der Waals surface area (Å²) in [4.78, 5) is 21.8. The Kier molecular flexibility index (Phi) is 5.99. The molecule has 0 unspecified atom stereocenters. The van der Waals surface area contributed by atoms with Gasteiger partial charge in [0.15, 0.2) is 5.82 Å². The number of anilines is 1. The average molecular weight is 538 g/mol. The maximum absolute atomic E-state index is 14.2. The van der Waals surface area contributed by atoms with E-state index in [2.05, 4.69) is 56.0 Å². The molecule has 2 aliphatic heterocycles. The highest BCUT2D eigenvalue weighted by molar-refractivity contribution is 5.99. The highest BCUT2D eigenvalue weighted by Crippen LogP contribution is 2.41. The van der Waals surface area contributed by atoms with Crippen molar-refractivity contribution in [2.45, 2.75) is 39.3 Å². The Hall–Kier alpha value is -4.66. The van der Waals surface area contributed by atoms with Gasteiger partial charge in [0.25, 0.3) is 0 Å². The van der Waals surface area contributed by atoms with E-state index >= 15 is 0 Å². The molecule has 1 saturated heterocycles. The van der Waals surface area contributed by atoms with Crippen molar-refractivity contribution >= 4 is 28.1 Å². The highest BCUT2D eigenvalue weighted by Gasteiger charge is 2.25. The zero-order chi connectivity index (χ0) is 27.2. The third-order valence-electron chi connectivity index (χ3n) is 7.82. The molecule has 0 atom stereocenters. The smallest absolute Gasteiger partial charge is 0.439 e. The van der Waals surface area contributed by atoms with Crippen LogP contribution in [0.3, 0.4) is 0 Å². The maximum atomic E-state index is 14.2. The molecule has 3 aromatic carbocycles. The molecule has 9 heteroatoms. The van der Waals surface area contributed by atoms with Crippen LogP contribution in [0.25, 0.3) is 22.2 Å². The Morgan fingerprint density at radius 2 is 1.85 bits per heavy atom. The molecule has 2 aromatic heterocycles. The quantitative estimate of drug-likeness (QED) is 0.314. The summed E-state index contributed by atoms with van der Waals surface area (Å²) in [5, 5.41) is 3.90. The van der Waals surface area contributed by atoms with Gasteiger partial charge in [-0.25, -0.2) is 14.2 Å². The second-order valence-corrected chi connectivity index (χ2v) is 10.4. The Morgan fingerprint density at radius 1 is 1.02 bits per heavy atom. The summed E-state index contributed by atoms with van der Waals surface area (Å²) in [6.07, 6.45) is 3.60. The van der Waals surface area contributed by atoms with Crippen LogP contribution in [-0.4, -0.2) is 32.8 Å². The van der Waals surface area contributed by atoms with Gasteiger partial charge in [0.2, 0.25) is 5.95 Å². The SMILES string of the molecule is C/C(=C1/c2ccc(Cn3c(N4CCCCC4)nc4ccccc43)cc2COc2cc(F)ccc21)c1noc(=O)[nH]1. The van der Waals surface area contributed by atoms with E-state index in [0.29, 0.717) is 23.7 Å². The van der Waals surface area contributed by atoms with Gasteiger partial charge in [0.05, 0.1) is 17.6 Å². The van der Waals surface area contributed by atoms with Crippen molar-refractivity contribution in [3.63, 3.8) is 0 Å². The van der Waals surface area contributed by atoms with E-state index in [-0.39, 0.29) is 12.4 Å². The van der Waals surface area contributed by atoms with Crippen LogP contribution in [0, 0.1) is 5.82 Å². The van der Waals surface area contributed by atoms with E-state index in [4.69, 9.17) is 14.2 Å². The van der Waals surface area contributed by atoms with Gasteiger partial charge in [-0.3, -0.25) is 9.51 Å². The number of hydrogen-bond acceptors (Lipinski definition) is 6. The number of piperidine rings is 1. The van der Waals surface area contributed by atoms with Crippen LogP contribution in [0.1, 0.15) is 54.3 Å². The first-order chi connectivity index (χ1) is 19.5. The summed E-state index contributed by atoms with van der Waals surface area (Å²) < 4.78 is 27.4. The number of para-hydroxylation sites is 2. The lowest BCUT2D eigenvalue weighted by molar-refractivity contribution is 0.305. The van der Waals surface area contributed by atoms with Crippen LogP contribution in [0.5, 0.6) is 5.75 Å². The van der Waals surface area contributed by atoms with E-state index in [1.165, 1.54) is 31.4 Å². The first-order valence-corrected chi connectivity index (χ1v) is 13.6. The molecule has 1 N–H and O–H groups in total. The van der Waals surface area contributed by atoms with Crippen LogP contribution in [0.4, 0.5) is 10.3 Å². The number of ether oxygens (including phenoxy) is 1. The van der Waals surface area contributed by atoms with E-state index in [1.54, 1.807) is 6.07 Å². The Morgan fingerprint density at radius 3 is 2.67 bits per heavy atom. The van der Waals surface area contributed by atoms with E-state index < -0.39 is 5.76 Å². The first kappa shape index (κ1) is 24.4. The molecule has 40 heavy (non-hydrogen) atoms. The van der Waals surface area contributed by atoms with E-state index in [9.17, 15) is 9.18 Å². The third-order valence-corrected chi connectivity index (χ3v) is 7.82. The maximum Gasteiger partial charge on any atom is 0.439 e. The number of H-pyrrole nitrogens is 1. The molecule has 0 spiro atoms. The van der Waals surface area contributed by atoms with Crippen LogP contribution in [-0.2, 0) is 13.2 Å². The predicted octanol–water partition coefficient (Wildman–Crippen LogP) is 5.76. The van der Waals surface area contributed by atoms with Gasteiger partial charge in [0.1, 0.15) is 18.2 Å². The van der Waals surface area contributed by atoms with Crippen molar-refractivity contribution in [1.29, 1.82) is 0 Å². The zero-order valence-electron chi connectivity index (χ0n) is 22.1. The van der Waals surface area contributed by atoms with Crippen molar-refractivity contribution < 1.29 is 13.7 Å². The molecular weight excluding hydrogens is 509 g/mol. The molecule has 202 valence electrons. The van der Waals surface area contributed by atoms with Crippen LogP contribution >= 0.6 is 0 Å². The lowest BCUT2D eigenvalue weighted by Crippen LogP contribution is -2.32. The second kappa shape index (κ2) is 9.82. The number of aromatic amines is 1. The van der Waals surface area contributed by atoms with Gasteiger partial charge in [0, 0.05) is 30.3 Å². The van der Waals surface area contributed by atoms with Crippen molar-refractivity contribution in [3.8, 4) is 5.75 Å². The summed E-state index contributed by atoms with van der Waals surface area (Å²) in [6.45, 7) is 4.80. The normalized spacial score (nSPS) is 16.3. The Labute approximate surface area is 229 Å². The number of nitrogens with zero attached hydrogens (tertiary/aromatic N) is 4. The molecule has 5 aromatic rings. The fourth-order valence-corrected chi connectivity index (χ4v) is 5.88. The predicted molar refractivity (Wildman–Crippen MR) is 151 cm³/mol. The number of hydrogen-bond donors (Lipinski definition) is 1. The van der Waals surface area contributed by atoms with Crippen molar-refractivity contribution in [1.82, 2.24) is 19.7 Å². The monoisotopic (exact) mass is 537 g/mol. The van der Waals surface area contributed by atoms with Crippen molar-refractivity contribution in [3.05, 3.63) is 105 Å². The molecule has 0 radical (unpaired) electrons. The molecule has 0 bridgehead atoms. The van der Waals surface area contributed by atoms with Gasteiger partial charge in [-0.05, 0) is 78.8 Å². The summed E-state index contributed by atoms with van der Waals surface area (Å²) in [6, 6.07) is 19.1. The summed E-state index contributed by atoms with van der Waals surface area (Å²) in [5.74, 6) is 0.747. The van der Waals surface area contributed by atoms with Gasteiger partial charge < -0.3 is 14.2 Å². The van der Waals surface area contributed by atoms with Crippen molar-refractivity contribution in [2.24, 2.45) is 0 Å². The minimum Gasteiger partial charge on any atom is -0.488 e. The number of halogens is 1. The molecule has 4 heterocycles. The minimum absolute atomic E-state index is 0.273. The summed E-state index contributed by atoms with van der Waals surface area (Å²) in [7, 11) is 0. The molecule has 0 amide bonds. The number of imidazole rings is 1. The average Bonchev–Trinajstić information content (AvgIpc) is 3.53. The summed E-state index contributed by atoms with van der Waals surface area (Å²) in [5.41, 5.74) is 7.31. The minimum atomic E-state index is -0.633. The highest BCUT2D eigenvalue weighted by atomic mass is 19.1. The lowest BCUT2D eigenvalue weighted by Gasteiger charge is -2.28. The number of rotatable bonds is 4. The molecule has 2 aliphatic rings. The fraction of sp³-hybridized carbons (Fsp3) is 0.258. The molecule has 0 aliphatic carbocycles. The topological polar surface area (TPSA) is 89.2 Å². The Bertz CT molecular complexity index is 1830. The molecule has 0 saturated carbocycles. The lowest BCUT2D eigenvalue weighted by atomic mass is 9.89.